The van der Waals surface area contributed by atoms with Crippen molar-refractivity contribution in [3.05, 3.63) is 73.3 Å². The van der Waals surface area contributed by atoms with E-state index in [1.54, 1.807) is 12.5 Å². The summed E-state index contributed by atoms with van der Waals surface area (Å²) in [5, 5.41) is 9.71. The summed E-state index contributed by atoms with van der Waals surface area (Å²) < 4.78 is 5.29. The van der Waals surface area contributed by atoms with Gasteiger partial charge in [0.15, 0.2) is 5.65 Å². The summed E-state index contributed by atoms with van der Waals surface area (Å²) in [7, 11) is 0. The molecule has 2 N–H and O–H groups in total. The van der Waals surface area contributed by atoms with Crippen LogP contribution in [0.1, 0.15) is 24.8 Å². The third-order valence-electron chi connectivity index (χ3n) is 7.03. The second kappa shape index (κ2) is 8.73. The van der Waals surface area contributed by atoms with Crippen LogP contribution in [0.25, 0.3) is 55.6 Å². The number of nitrogens with one attached hydrogen (secondary N) is 2. The predicted octanol–water partition coefficient (Wildman–Crippen LogP) is 5.81. The first-order valence-corrected chi connectivity index (χ1v) is 12.3. The molecule has 0 spiro atoms. The molecule has 178 valence electrons. The highest BCUT2D eigenvalue weighted by Gasteiger charge is 2.16. The molecule has 0 aliphatic carbocycles. The van der Waals surface area contributed by atoms with E-state index >= 15 is 0 Å². The minimum absolute atomic E-state index is 0.748. The molecular formula is C28H25N7O. The van der Waals surface area contributed by atoms with E-state index in [1.165, 1.54) is 37.9 Å². The molecule has 7 rings (SSSR count). The first-order chi connectivity index (χ1) is 17.8. The van der Waals surface area contributed by atoms with Crippen LogP contribution in [-0.4, -0.2) is 48.1 Å². The van der Waals surface area contributed by atoms with Gasteiger partial charge in [0.05, 0.1) is 29.9 Å². The zero-order valence-electron chi connectivity index (χ0n) is 19.7. The van der Waals surface area contributed by atoms with Crippen LogP contribution in [0.3, 0.4) is 0 Å². The number of rotatable bonds is 5. The maximum absolute atomic E-state index is 5.29. The molecule has 6 aromatic rings. The van der Waals surface area contributed by atoms with Crippen molar-refractivity contribution >= 4 is 21.9 Å². The number of likely N-dealkylation sites (tertiary alicyclic amines) is 1. The van der Waals surface area contributed by atoms with E-state index in [-0.39, 0.29) is 0 Å². The molecule has 1 fully saturated rings. The summed E-state index contributed by atoms with van der Waals surface area (Å²) in [5.41, 5.74) is 8.75. The molecule has 0 atom stereocenters. The minimum atomic E-state index is 0.748. The van der Waals surface area contributed by atoms with Crippen molar-refractivity contribution in [3.63, 3.8) is 0 Å². The fraction of sp³-hybridized carbons (Fsp3) is 0.214. The largest absolute Gasteiger partial charge is 0.472 e. The SMILES string of the molecule is c1cc(-c2cncc3[nH]c(-c4n[nH]c5ncc(-c6cncc(CN7CCCCC7)c6)cc45)cc23)co1. The van der Waals surface area contributed by atoms with Crippen molar-refractivity contribution in [1.82, 2.24) is 35.0 Å². The fourth-order valence-corrected chi connectivity index (χ4v) is 5.20. The fourth-order valence-electron chi connectivity index (χ4n) is 5.20. The maximum Gasteiger partial charge on any atom is 0.155 e. The van der Waals surface area contributed by atoms with E-state index in [2.05, 4.69) is 53.2 Å². The molecule has 7 heterocycles. The first-order valence-electron chi connectivity index (χ1n) is 12.3. The standard InChI is InChI=1S/C28H25N7O/c1-2-5-35(6-3-1)16-18-8-20(12-29-11-18)21-9-23-27(33-34-28(23)31-13-21)25-10-22-24(19-4-7-36-17-19)14-30-15-26(22)32-25/h4,7-15,17,32H,1-3,5-6,16H2,(H,31,33,34). The number of hydrogen-bond donors (Lipinski definition) is 2. The number of hydrogen-bond acceptors (Lipinski definition) is 6. The number of pyridine rings is 3. The molecule has 1 aliphatic rings. The van der Waals surface area contributed by atoms with E-state index in [4.69, 9.17) is 4.42 Å². The third-order valence-corrected chi connectivity index (χ3v) is 7.03. The number of piperidine rings is 1. The Morgan fingerprint density at radius 2 is 1.75 bits per heavy atom. The lowest BCUT2D eigenvalue weighted by Crippen LogP contribution is -2.29. The van der Waals surface area contributed by atoms with Crippen molar-refractivity contribution in [2.75, 3.05) is 13.1 Å². The van der Waals surface area contributed by atoms with Gasteiger partial charge in [-0.3, -0.25) is 20.0 Å². The number of aromatic amines is 2. The second-order valence-electron chi connectivity index (χ2n) is 9.45. The van der Waals surface area contributed by atoms with Gasteiger partial charge in [-0.2, -0.15) is 5.10 Å². The lowest BCUT2D eigenvalue weighted by molar-refractivity contribution is 0.220. The van der Waals surface area contributed by atoms with Gasteiger partial charge >= 0.3 is 0 Å². The Hall–Kier alpha value is -4.30. The Balaban J connectivity index is 1.26. The third kappa shape index (κ3) is 3.76. The molecular weight excluding hydrogens is 450 g/mol. The van der Waals surface area contributed by atoms with Crippen LogP contribution in [0.5, 0.6) is 0 Å². The summed E-state index contributed by atoms with van der Waals surface area (Å²) in [5.74, 6) is 0. The summed E-state index contributed by atoms with van der Waals surface area (Å²) in [6, 6.07) is 8.43. The summed E-state index contributed by atoms with van der Waals surface area (Å²) >= 11 is 0. The molecule has 0 amide bonds. The van der Waals surface area contributed by atoms with Gasteiger partial charge in [0.25, 0.3) is 0 Å². The molecule has 8 nitrogen and oxygen atoms in total. The lowest BCUT2D eigenvalue weighted by Gasteiger charge is -2.26. The molecule has 1 aliphatic heterocycles. The highest BCUT2D eigenvalue weighted by atomic mass is 16.3. The molecule has 0 radical (unpaired) electrons. The summed E-state index contributed by atoms with van der Waals surface area (Å²) in [6.45, 7) is 3.27. The maximum atomic E-state index is 5.29. The quantitative estimate of drug-likeness (QED) is 0.326. The Labute approximate surface area is 207 Å². The van der Waals surface area contributed by atoms with Crippen LogP contribution in [0.4, 0.5) is 0 Å². The van der Waals surface area contributed by atoms with Crippen LogP contribution >= 0.6 is 0 Å². The molecule has 36 heavy (non-hydrogen) atoms. The van der Waals surface area contributed by atoms with E-state index in [1.807, 2.05) is 37.1 Å². The lowest BCUT2D eigenvalue weighted by atomic mass is 10.0. The minimum Gasteiger partial charge on any atom is -0.472 e. The molecule has 0 unspecified atom stereocenters. The number of H-pyrrole nitrogens is 2. The van der Waals surface area contributed by atoms with Gasteiger partial charge in [-0.1, -0.05) is 6.42 Å². The van der Waals surface area contributed by atoms with Gasteiger partial charge in [-0.15, -0.1) is 0 Å². The van der Waals surface area contributed by atoms with E-state index in [9.17, 15) is 0 Å². The highest BCUT2D eigenvalue weighted by Crippen LogP contribution is 2.34. The smallest absolute Gasteiger partial charge is 0.155 e. The summed E-state index contributed by atoms with van der Waals surface area (Å²) in [4.78, 5) is 19.6. The Kier molecular flexibility index (Phi) is 5.10. The molecule has 0 saturated carbocycles. The normalized spacial score (nSPS) is 14.7. The van der Waals surface area contributed by atoms with E-state index < -0.39 is 0 Å². The first kappa shape index (κ1) is 21.0. The van der Waals surface area contributed by atoms with Crippen LogP contribution in [0.2, 0.25) is 0 Å². The van der Waals surface area contributed by atoms with Gasteiger partial charge in [0.2, 0.25) is 0 Å². The Morgan fingerprint density at radius 3 is 2.64 bits per heavy atom. The van der Waals surface area contributed by atoms with E-state index in [0.29, 0.717) is 0 Å². The van der Waals surface area contributed by atoms with Crippen LogP contribution < -0.4 is 0 Å². The highest BCUT2D eigenvalue weighted by molar-refractivity contribution is 6.00. The van der Waals surface area contributed by atoms with Crippen molar-refractivity contribution in [2.45, 2.75) is 25.8 Å². The molecule has 0 aromatic carbocycles. The monoisotopic (exact) mass is 475 g/mol. The van der Waals surface area contributed by atoms with Crippen LogP contribution in [0.15, 0.2) is 72.2 Å². The van der Waals surface area contributed by atoms with Gasteiger partial charge in [0, 0.05) is 64.4 Å². The average molecular weight is 476 g/mol. The topological polar surface area (TPSA) is 99.5 Å². The molecule has 1 saturated heterocycles. The van der Waals surface area contributed by atoms with Crippen molar-refractivity contribution in [3.8, 4) is 33.6 Å². The number of nitrogens with zero attached hydrogens (tertiary/aromatic N) is 5. The second-order valence-corrected chi connectivity index (χ2v) is 9.45. The van der Waals surface area contributed by atoms with Crippen LogP contribution in [0, 0.1) is 0 Å². The summed E-state index contributed by atoms with van der Waals surface area (Å²) in [6.07, 6.45) is 16.8. The van der Waals surface area contributed by atoms with Gasteiger partial charge < -0.3 is 9.40 Å². The number of aromatic nitrogens is 6. The number of furan rings is 1. The Morgan fingerprint density at radius 1 is 0.861 bits per heavy atom. The van der Waals surface area contributed by atoms with E-state index in [0.717, 1.165) is 62.1 Å². The molecule has 8 heteroatoms. The Bertz CT molecular complexity index is 1660. The predicted molar refractivity (Wildman–Crippen MR) is 139 cm³/mol. The van der Waals surface area contributed by atoms with Crippen molar-refractivity contribution in [1.29, 1.82) is 0 Å². The zero-order valence-corrected chi connectivity index (χ0v) is 19.7. The van der Waals surface area contributed by atoms with Gasteiger partial charge in [-0.05, 0) is 55.8 Å². The van der Waals surface area contributed by atoms with Gasteiger partial charge in [0.1, 0.15) is 5.69 Å². The van der Waals surface area contributed by atoms with Crippen molar-refractivity contribution in [2.24, 2.45) is 0 Å². The van der Waals surface area contributed by atoms with Crippen molar-refractivity contribution < 1.29 is 4.42 Å². The zero-order chi connectivity index (χ0) is 23.9. The number of fused-ring (bicyclic) bond motifs is 2. The van der Waals surface area contributed by atoms with Crippen LogP contribution in [-0.2, 0) is 6.54 Å². The molecule has 0 bridgehead atoms. The average Bonchev–Trinajstić information content (AvgIpc) is 3.68. The van der Waals surface area contributed by atoms with Gasteiger partial charge in [-0.25, -0.2) is 4.98 Å². The molecule has 6 aromatic heterocycles.